The number of ketones is 1. The van der Waals surface area contributed by atoms with Crippen molar-refractivity contribution in [3.05, 3.63) is 42.5 Å². The number of carbonyl (C=O) groups is 1. The molecule has 0 spiro atoms. The molecule has 1 aromatic rings. The van der Waals surface area contributed by atoms with Gasteiger partial charge in [-0.3, -0.25) is 4.79 Å². The first-order valence-electron chi connectivity index (χ1n) is 5.33. The zero-order valence-electron chi connectivity index (χ0n) is 10.1. The van der Waals surface area contributed by atoms with Crippen molar-refractivity contribution in [1.82, 2.24) is 0 Å². The minimum absolute atomic E-state index is 0.159. The van der Waals surface area contributed by atoms with Crippen molar-refractivity contribution in [1.29, 1.82) is 0 Å². The molecular weight excluding hydrogens is 200 g/mol. The lowest BCUT2D eigenvalue weighted by molar-refractivity contribution is -0.121. The molecule has 0 radical (unpaired) electrons. The summed E-state index contributed by atoms with van der Waals surface area (Å²) in [6.07, 6.45) is 1.70. The van der Waals surface area contributed by atoms with Gasteiger partial charge in [0.05, 0.1) is 0 Å². The zero-order chi connectivity index (χ0) is 12.2. The Morgan fingerprint density at radius 2 is 1.94 bits per heavy atom. The molecule has 0 aliphatic rings. The van der Waals surface area contributed by atoms with Crippen molar-refractivity contribution < 1.29 is 9.53 Å². The fourth-order valence-electron chi connectivity index (χ4n) is 1.33. The Bertz CT molecular complexity index is 374. The standard InChI is InChI=1S/C14H18O2/c1-5-10-16-13-8-6-12(7-9-13)14(3,4)11(2)15/h5-9H,1,10H2,2-4H3. The SMILES string of the molecule is C=CCOc1ccc(C(C)(C)C(C)=O)cc1. The highest BCUT2D eigenvalue weighted by atomic mass is 16.5. The maximum Gasteiger partial charge on any atom is 0.139 e. The lowest BCUT2D eigenvalue weighted by Gasteiger charge is -2.21. The number of rotatable bonds is 5. The summed E-state index contributed by atoms with van der Waals surface area (Å²) in [4.78, 5) is 11.5. The Labute approximate surface area is 96.9 Å². The van der Waals surface area contributed by atoms with E-state index in [4.69, 9.17) is 4.74 Å². The second kappa shape index (κ2) is 4.97. The van der Waals surface area contributed by atoms with Crippen LogP contribution in [0.1, 0.15) is 26.3 Å². The van der Waals surface area contributed by atoms with Crippen LogP contribution >= 0.6 is 0 Å². The first-order valence-corrected chi connectivity index (χ1v) is 5.33. The fourth-order valence-corrected chi connectivity index (χ4v) is 1.33. The van der Waals surface area contributed by atoms with E-state index in [-0.39, 0.29) is 5.78 Å². The summed E-state index contributed by atoms with van der Waals surface area (Å²) in [5.41, 5.74) is 0.572. The Hall–Kier alpha value is -1.57. The van der Waals surface area contributed by atoms with E-state index in [9.17, 15) is 4.79 Å². The maximum absolute atomic E-state index is 11.5. The molecule has 0 aromatic heterocycles. The Balaban J connectivity index is 2.86. The van der Waals surface area contributed by atoms with Gasteiger partial charge in [-0.25, -0.2) is 0 Å². The van der Waals surface area contributed by atoms with Crippen molar-refractivity contribution >= 4 is 5.78 Å². The van der Waals surface area contributed by atoms with Crippen LogP contribution in [0.4, 0.5) is 0 Å². The first-order chi connectivity index (χ1) is 7.48. The number of hydrogen-bond donors (Lipinski definition) is 0. The molecule has 0 unspecified atom stereocenters. The molecule has 1 aromatic carbocycles. The molecule has 0 aliphatic carbocycles. The molecule has 16 heavy (non-hydrogen) atoms. The van der Waals surface area contributed by atoms with Crippen LogP contribution in [0.5, 0.6) is 5.75 Å². The molecule has 0 saturated heterocycles. The lowest BCUT2D eigenvalue weighted by Crippen LogP contribution is -2.26. The normalized spacial score (nSPS) is 10.9. The molecular formula is C14H18O2. The minimum Gasteiger partial charge on any atom is -0.490 e. The van der Waals surface area contributed by atoms with Crippen LogP contribution < -0.4 is 4.74 Å². The van der Waals surface area contributed by atoms with Crippen molar-refractivity contribution in [2.75, 3.05) is 6.61 Å². The van der Waals surface area contributed by atoms with Crippen LogP contribution in [0.15, 0.2) is 36.9 Å². The molecule has 0 atom stereocenters. The summed E-state index contributed by atoms with van der Waals surface area (Å²) in [7, 11) is 0. The zero-order valence-corrected chi connectivity index (χ0v) is 10.1. The molecule has 0 heterocycles. The largest absolute Gasteiger partial charge is 0.490 e. The van der Waals surface area contributed by atoms with E-state index in [0.717, 1.165) is 11.3 Å². The van der Waals surface area contributed by atoms with E-state index in [0.29, 0.717) is 6.61 Å². The Kier molecular flexibility index (Phi) is 3.88. The van der Waals surface area contributed by atoms with Crippen LogP contribution in [0.3, 0.4) is 0 Å². The molecule has 86 valence electrons. The third-order valence-electron chi connectivity index (χ3n) is 2.82. The average molecular weight is 218 g/mol. The van der Waals surface area contributed by atoms with E-state index in [1.54, 1.807) is 13.0 Å². The number of Topliss-reactive ketones (excluding diaryl/α,β-unsaturated/α-hetero) is 1. The van der Waals surface area contributed by atoms with Crippen molar-refractivity contribution in [3.8, 4) is 5.75 Å². The number of benzene rings is 1. The molecule has 0 saturated carbocycles. The Morgan fingerprint density at radius 1 is 1.38 bits per heavy atom. The third-order valence-corrected chi connectivity index (χ3v) is 2.82. The summed E-state index contributed by atoms with van der Waals surface area (Å²) in [5.74, 6) is 0.954. The topological polar surface area (TPSA) is 26.3 Å². The van der Waals surface area contributed by atoms with Gasteiger partial charge in [0, 0.05) is 5.41 Å². The lowest BCUT2D eigenvalue weighted by atomic mass is 9.81. The molecule has 2 nitrogen and oxygen atoms in total. The number of hydrogen-bond acceptors (Lipinski definition) is 2. The second-order valence-electron chi connectivity index (χ2n) is 4.31. The quantitative estimate of drug-likeness (QED) is 0.710. The van der Waals surface area contributed by atoms with Crippen LogP contribution in [0, 0.1) is 0 Å². The number of ether oxygens (including phenoxy) is 1. The fraction of sp³-hybridized carbons (Fsp3) is 0.357. The molecule has 0 fully saturated rings. The maximum atomic E-state index is 11.5. The summed E-state index contributed by atoms with van der Waals surface area (Å²) in [6, 6.07) is 7.62. The summed E-state index contributed by atoms with van der Waals surface area (Å²) >= 11 is 0. The van der Waals surface area contributed by atoms with Gasteiger partial charge < -0.3 is 4.74 Å². The van der Waals surface area contributed by atoms with Gasteiger partial charge in [0.15, 0.2) is 0 Å². The summed E-state index contributed by atoms with van der Waals surface area (Å²) in [6.45, 7) is 9.55. The van der Waals surface area contributed by atoms with E-state index in [2.05, 4.69) is 6.58 Å². The smallest absolute Gasteiger partial charge is 0.139 e. The van der Waals surface area contributed by atoms with Gasteiger partial charge in [-0.1, -0.05) is 24.8 Å². The van der Waals surface area contributed by atoms with Crippen molar-refractivity contribution in [2.24, 2.45) is 0 Å². The van der Waals surface area contributed by atoms with Crippen LogP contribution in [-0.4, -0.2) is 12.4 Å². The highest BCUT2D eigenvalue weighted by molar-refractivity contribution is 5.87. The van der Waals surface area contributed by atoms with Gasteiger partial charge in [-0.15, -0.1) is 0 Å². The summed E-state index contributed by atoms with van der Waals surface area (Å²) < 4.78 is 5.38. The molecule has 1 rings (SSSR count). The Morgan fingerprint density at radius 3 is 2.38 bits per heavy atom. The van der Waals surface area contributed by atoms with Gasteiger partial charge in [-0.05, 0) is 38.5 Å². The highest BCUT2D eigenvalue weighted by Gasteiger charge is 2.25. The van der Waals surface area contributed by atoms with Gasteiger partial charge >= 0.3 is 0 Å². The van der Waals surface area contributed by atoms with E-state index >= 15 is 0 Å². The van der Waals surface area contributed by atoms with Gasteiger partial charge in [0.1, 0.15) is 18.1 Å². The molecule has 0 N–H and O–H groups in total. The summed E-state index contributed by atoms with van der Waals surface area (Å²) in [5, 5.41) is 0. The minimum atomic E-state index is -0.434. The van der Waals surface area contributed by atoms with Crippen LogP contribution in [-0.2, 0) is 10.2 Å². The second-order valence-corrected chi connectivity index (χ2v) is 4.31. The van der Waals surface area contributed by atoms with Crippen molar-refractivity contribution in [3.63, 3.8) is 0 Å². The van der Waals surface area contributed by atoms with Gasteiger partial charge in [-0.2, -0.15) is 0 Å². The van der Waals surface area contributed by atoms with Gasteiger partial charge in [0.25, 0.3) is 0 Å². The average Bonchev–Trinajstić information content (AvgIpc) is 2.26. The van der Waals surface area contributed by atoms with Crippen molar-refractivity contribution in [2.45, 2.75) is 26.2 Å². The van der Waals surface area contributed by atoms with E-state index < -0.39 is 5.41 Å². The van der Waals surface area contributed by atoms with Crippen LogP contribution in [0.25, 0.3) is 0 Å². The van der Waals surface area contributed by atoms with Gasteiger partial charge in [0.2, 0.25) is 0 Å². The molecule has 2 heteroatoms. The molecule has 0 bridgehead atoms. The predicted molar refractivity (Wildman–Crippen MR) is 65.8 cm³/mol. The predicted octanol–water partition coefficient (Wildman–Crippen LogP) is 3.12. The monoisotopic (exact) mass is 218 g/mol. The highest BCUT2D eigenvalue weighted by Crippen LogP contribution is 2.25. The third kappa shape index (κ3) is 2.72. The molecule has 0 amide bonds. The van der Waals surface area contributed by atoms with E-state index in [1.165, 1.54) is 0 Å². The number of carbonyl (C=O) groups excluding carboxylic acids is 1. The molecule has 0 aliphatic heterocycles. The first kappa shape index (κ1) is 12.5. The van der Waals surface area contributed by atoms with E-state index in [1.807, 2.05) is 38.1 Å². The van der Waals surface area contributed by atoms with Crippen LogP contribution in [0.2, 0.25) is 0 Å².